The summed E-state index contributed by atoms with van der Waals surface area (Å²) in [4.78, 5) is 21.0. The molecule has 2 saturated heterocycles. The Labute approximate surface area is 188 Å². The van der Waals surface area contributed by atoms with Crippen LogP contribution in [-0.4, -0.2) is 74.7 Å². The molecule has 0 aliphatic carbocycles. The van der Waals surface area contributed by atoms with Gasteiger partial charge >= 0.3 is 0 Å². The Morgan fingerprint density at radius 2 is 1.81 bits per heavy atom. The predicted molar refractivity (Wildman–Crippen MR) is 121 cm³/mol. The van der Waals surface area contributed by atoms with Gasteiger partial charge in [-0.25, -0.2) is 0 Å². The highest BCUT2D eigenvalue weighted by molar-refractivity contribution is 6.31. The highest BCUT2D eigenvalue weighted by Crippen LogP contribution is 2.38. The van der Waals surface area contributed by atoms with Crippen molar-refractivity contribution in [1.29, 1.82) is 0 Å². The van der Waals surface area contributed by atoms with Crippen LogP contribution in [0, 0.1) is 0 Å². The quantitative estimate of drug-likeness (QED) is 0.579. The Bertz CT molecular complexity index is 901. The summed E-state index contributed by atoms with van der Waals surface area (Å²) in [6, 6.07) is 11.5. The van der Waals surface area contributed by atoms with Crippen LogP contribution in [0.15, 0.2) is 52.1 Å². The molecule has 1 amide bonds. The number of nitrogens with one attached hydrogen (secondary N) is 1. The molecule has 1 N–H and O–H groups in total. The Morgan fingerprint density at radius 3 is 2.45 bits per heavy atom. The third-order valence-corrected chi connectivity index (χ3v) is 6.62. The summed E-state index contributed by atoms with van der Waals surface area (Å²) in [5, 5.41) is 4.38. The summed E-state index contributed by atoms with van der Waals surface area (Å²) in [6.07, 6.45) is 3.35. The van der Waals surface area contributed by atoms with Crippen molar-refractivity contribution < 1.29 is 13.9 Å². The van der Waals surface area contributed by atoms with Crippen LogP contribution in [0.4, 0.5) is 0 Å². The Kier molecular flexibility index (Phi) is 6.83. The van der Waals surface area contributed by atoms with Crippen LogP contribution < -0.4 is 5.32 Å². The first-order chi connectivity index (χ1) is 15.1. The summed E-state index contributed by atoms with van der Waals surface area (Å²) in [7, 11) is 1.80. The summed E-state index contributed by atoms with van der Waals surface area (Å²) in [5.74, 6) is 1.17. The van der Waals surface area contributed by atoms with Crippen LogP contribution in [-0.2, 0) is 10.2 Å². The number of carbonyl (C=O) groups excluding carboxylic acids is 1. The molecule has 1 aromatic carbocycles. The number of guanidine groups is 1. The van der Waals surface area contributed by atoms with Crippen molar-refractivity contribution in [2.45, 2.75) is 18.3 Å². The van der Waals surface area contributed by atoms with Gasteiger partial charge in [-0.05, 0) is 36.6 Å². The molecule has 166 valence electrons. The molecule has 2 aromatic rings. The number of aliphatic imine (C=N–C) groups is 1. The van der Waals surface area contributed by atoms with E-state index in [4.69, 9.17) is 20.8 Å². The van der Waals surface area contributed by atoms with E-state index in [1.807, 2.05) is 23.1 Å². The number of benzene rings is 1. The minimum atomic E-state index is -0.0936. The number of hydrogen-bond donors (Lipinski definition) is 1. The first kappa shape index (κ1) is 21.7. The van der Waals surface area contributed by atoms with E-state index in [1.54, 1.807) is 19.2 Å². The number of nitrogens with zero attached hydrogens (tertiary/aromatic N) is 3. The van der Waals surface area contributed by atoms with Crippen molar-refractivity contribution in [3.05, 3.63) is 59.0 Å². The lowest BCUT2D eigenvalue weighted by Crippen LogP contribution is -2.55. The molecule has 0 bridgehead atoms. The molecule has 4 rings (SSSR count). The maximum atomic E-state index is 12.5. The van der Waals surface area contributed by atoms with E-state index in [9.17, 15) is 4.79 Å². The number of carbonyl (C=O) groups is 1. The third kappa shape index (κ3) is 4.72. The lowest BCUT2D eigenvalue weighted by molar-refractivity contribution is 0.0509. The van der Waals surface area contributed by atoms with E-state index in [0.29, 0.717) is 31.9 Å². The van der Waals surface area contributed by atoms with E-state index in [-0.39, 0.29) is 11.3 Å². The fraction of sp³-hybridized carbons (Fsp3) is 0.478. The molecule has 2 fully saturated rings. The van der Waals surface area contributed by atoms with Crippen molar-refractivity contribution in [2.75, 3.05) is 53.0 Å². The molecule has 1 aromatic heterocycles. The van der Waals surface area contributed by atoms with Crippen LogP contribution in [0.25, 0.3) is 0 Å². The zero-order valence-corrected chi connectivity index (χ0v) is 18.6. The average molecular weight is 445 g/mol. The van der Waals surface area contributed by atoms with Crippen LogP contribution in [0.2, 0.25) is 5.02 Å². The van der Waals surface area contributed by atoms with Crippen molar-refractivity contribution in [1.82, 2.24) is 15.1 Å². The Hall–Kier alpha value is -2.51. The molecular weight excluding hydrogens is 416 g/mol. The molecule has 31 heavy (non-hydrogen) atoms. The summed E-state index contributed by atoms with van der Waals surface area (Å²) < 4.78 is 10.9. The highest BCUT2D eigenvalue weighted by atomic mass is 35.5. The van der Waals surface area contributed by atoms with Crippen LogP contribution in [0.5, 0.6) is 0 Å². The van der Waals surface area contributed by atoms with E-state index < -0.39 is 0 Å². The van der Waals surface area contributed by atoms with Gasteiger partial charge in [0.2, 0.25) is 0 Å². The molecule has 0 saturated carbocycles. The lowest BCUT2D eigenvalue weighted by atomic mass is 9.74. The second kappa shape index (κ2) is 9.75. The van der Waals surface area contributed by atoms with Crippen LogP contribution >= 0.6 is 11.6 Å². The number of halogens is 1. The fourth-order valence-electron chi connectivity index (χ4n) is 4.45. The van der Waals surface area contributed by atoms with Gasteiger partial charge in [-0.3, -0.25) is 9.79 Å². The Morgan fingerprint density at radius 1 is 1.10 bits per heavy atom. The summed E-state index contributed by atoms with van der Waals surface area (Å²) in [5.41, 5.74) is 1.07. The number of furan rings is 1. The van der Waals surface area contributed by atoms with Gasteiger partial charge in [0.05, 0.1) is 6.26 Å². The standard InChI is InChI=1S/C23H29ClN4O3/c1-25-22(28-12-10-27(11-13-28)21(29)20-7-4-14-31-20)26-17-23(8-15-30-16-9-23)18-5-2-3-6-19(18)24/h2-7,14H,8-13,15-17H2,1H3,(H,25,26). The van der Waals surface area contributed by atoms with Gasteiger partial charge < -0.3 is 24.3 Å². The van der Waals surface area contributed by atoms with Gasteiger partial charge in [0.15, 0.2) is 11.7 Å². The molecule has 0 radical (unpaired) electrons. The smallest absolute Gasteiger partial charge is 0.289 e. The van der Waals surface area contributed by atoms with Crippen LogP contribution in [0.3, 0.4) is 0 Å². The minimum Gasteiger partial charge on any atom is -0.459 e. The largest absolute Gasteiger partial charge is 0.459 e. The van der Waals surface area contributed by atoms with E-state index >= 15 is 0 Å². The SMILES string of the molecule is CN=C(NCC1(c2ccccc2Cl)CCOCC1)N1CCN(C(=O)c2ccco2)CC1. The van der Waals surface area contributed by atoms with Gasteiger partial charge in [0.1, 0.15) is 0 Å². The van der Waals surface area contributed by atoms with E-state index in [1.165, 1.54) is 6.26 Å². The highest BCUT2D eigenvalue weighted by Gasteiger charge is 2.36. The topological polar surface area (TPSA) is 70.3 Å². The second-order valence-corrected chi connectivity index (χ2v) is 8.44. The molecule has 2 aliphatic rings. The van der Waals surface area contributed by atoms with Gasteiger partial charge in [-0.2, -0.15) is 0 Å². The molecule has 0 spiro atoms. The van der Waals surface area contributed by atoms with Gasteiger partial charge in [-0.15, -0.1) is 0 Å². The van der Waals surface area contributed by atoms with Gasteiger partial charge in [0.25, 0.3) is 5.91 Å². The second-order valence-electron chi connectivity index (χ2n) is 8.03. The molecular formula is C23H29ClN4O3. The van der Waals surface area contributed by atoms with Crippen molar-refractivity contribution in [3.8, 4) is 0 Å². The third-order valence-electron chi connectivity index (χ3n) is 6.29. The molecule has 0 atom stereocenters. The number of ether oxygens (including phenoxy) is 1. The first-order valence-corrected chi connectivity index (χ1v) is 11.1. The maximum Gasteiger partial charge on any atom is 0.289 e. The molecule has 2 aliphatic heterocycles. The van der Waals surface area contributed by atoms with E-state index in [2.05, 4.69) is 21.3 Å². The number of hydrogen-bond acceptors (Lipinski definition) is 4. The molecule has 8 heteroatoms. The van der Waals surface area contributed by atoms with Gasteiger partial charge in [-0.1, -0.05) is 29.8 Å². The fourth-order valence-corrected chi connectivity index (χ4v) is 4.79. The first-order valence-electron chi connectivity index (χ1n) is 10.7. The normalized spacial score (nSPS) is 19.4. The maximum absolute atomic E-state index is 12.5. The zero-order valence-electron chi connectivity index (χ0n) is 17.8. The number of piperazine rings is 1. The predicted octanol–water partition coefficient (Wildman–Crippen LogP) is 3.01. The van der Waals surface area contributed by atoms with E-state index in [0.717, 1.165) is 49.1 Å². The van der Waals surface area contributed by atoms with Crippen molar-refractivity contribution >= 4 is 23.5 Å². The summed E-state index contributed by atoms with van der Waals surface area (Å²) >= 11 is 6.58. The Balaban J connectivity index is 1.40. The number of rotatable bonds is 4. The molecule has 7 nitrogen and oxygen atoms in total. The van der Waals surface area contributed by atoms with Gasteiger partial charge in [0, 0.05) is 63.4 Å². The molecule has 0 unspecified atom stereocenters. The van der Waals surface area contributed by atoms with Crippen molar-refractivity contribution in [3.63, 3.8) is 0 Å². The summed E-state index contributed by atoms with van der Waals surface area (Å²) in [6.45, 7) is 4.87. The van der Waals surface area contributed by atoms with Crippen molar-refractivity contribution in [2.24, 2.45) is 4.99 Å². The minimum absolute atomic E-state index is 0.0625. The molecule has 3 heterocycles. The lowest BCUT2D eigenvalue weighted by Gasteiger charge is -2.41. The van der Waals surface area contributed by atoms with Crippen LogP contribution in [0.1, 0.15) is 29.0 Å². The number of amides is 1. The average Bonchev–Trinajstić information content (AvgIpc) is 3.35. The monoisotopic (exact) mass is 444 g/mol. The zero-order chi connectivity index (χ0) is 21.7.